The number of rotatable bonds is 3. The SMILES string of the molecule is Cc1nc2cnc(-c3ccc4ccccc4c3)cn2c1NC(=O)c1ccncc1. The molecule has 3 aromatic heterocycles. The summed E-state index contributed by atoms with van der Waals surface area (Å²) >= 11 is 0. The van der Waals surface area contributed by atoms with Gasteiger partial charge in [-0.15, -0.1) is 0 Å². The summed E-state index contributed by atoms with van der Waals surface area (Å²) in [4.78, 5) is 25.7. The molecule has 0 atom stereocenters. The molecule has 0 spiro atoms. The van der Waals surface area contributed by atoms with Crippen molar-refractivity contribution >= 4 is 28.1 Å². The van der Waals surface area contributed by atoms with Crippen LogP contribution in [0.1, 0.15) is 16.1 Å². The van der Waals surface area contributed by atoms with Gasteiger partial charge < -0.3 is 5.32 Å². The Kier molecular flexibility index (Phi) is 4.02. The Morgan fingerprint density at radius 1 is 1.00 bits per heavy atom. The molecule has 6 heteroatoms. The summed E-state index contributed by atoms with van der Waals surface area (Å²) in [7, 11) is 0. The van der Waals surface area contributed by atoms with Crippen molar-refractivity contribution in [3.8, 4) is 11.3 Å². The summed E-state index contributed by atoms with van der Waals surface area (Å²) in [6.45, 7) is 1.87. The summed E-state index contributed by atoms with van der Waals surface area (Å²) in [5.41, 5.74) is 3.75. The van der Waals surface area contributed by atoms with E-state index in [1.54, 1.807) is 30.7 Å². The van der Waals surface area contributed by atoms with Crippen molar-refractivity contribution in [2.45, 2.75) is 6.92 Å². The number of hydrogen-bond acceptors (Lipinski definition) is 4. The van der Waals surface area contributed by atoms with Crippen LogP contribution in [0.2, 0.25) is 0 Å². The van der Waals surface area contributed by atoms with Crippen LogP contribution in [0.5, 0.6) is 0 Å². The molecule has 2 aromatic carbocycles. The Bertz CT molecular complexity index is 1360. The normalized spacial score (nSPS) is 11.1. The fourth-order valence-corrected chi connectivity index (χ4v) is 3.40. The fourth-order valence-electron chi connectivity index (χ4n) is 3.40. The molecule has 5 rings (SSSR count). The molecular weight excluding hydrogens is 362 g/mol. The van der Waals surface area contributed by atoms with Crippen molar-refractivity contribution < 1.29 is 4.79 Å². The van der Waals surface area contributed by atoms with Gasteiger partial charge in [-0.1, -0.05) is 36.4 Å². The molecule has 6 nitrogen and oxygen atoms in total. The highest BCUT2D eigenvalue weighted by Crippen LogP contribution is 2.25. The largest absolute Gasteiger partial charge is 0.306 e. The number of benzene rings is 2. The molecule has 1 N–H and O–H groups in total. The molecule has 0 radical (unpaired) electrons. The van der Waals surface area contributed by atoms with Crippen molar-refractivity contribution in [2.24, 2.45) is 0 Å². The van der Waals surface area contributed by atoms with Gasteiger partial charge in [-0.2, -0.15) is 0 Å². The van der Waals surface area contributed by atoms with Crippen LogP contribution >= 0.6 is 0 Å². The van der Waals surface area contributed by atoms with Gasteiger partial charge in [0.05, 0.1) is 17.6 Å². The Hall–Kier alpha value is -4.06. The summed E-state index contributed by atoms with van der Waals surface area (Å²) < 4.78 is 1.87. The minimum absolute atomic E-state index is 0.207. The van der Waals surface area contributed by atoms with Crippen LogP contribution in [0, 0.1) is 6.92 Å². The topological polar surface area (TPSA) is 72.2 Å². The van der Waals surface area contributed by atoms with Crippen LogP contribution in [0.4, 0.5) is 5.82 Å². The lowest BCUT2D eigenvalue weighted by atomic mass is 10.1. The molecule has 0 saturated heterocycles. The smallest absolute Gasteiger partial charge is 0.256 e. The molecule has 0 aliphatic carbocycles. The van der Waals surface area contributed by atoms with Gasteiger partial charge in [-0.3, -0.25) is 19.2 Å². The highest BCUT2D eigenvalue weighted by atomic mass is 16.1. The number of anilines is 1. The predicted octanol–water partition coefficient (Wildman–Crippen LogP) is 4.51. The second-order valence-corrected chi connectivity index (χ2v) is 6.80. The maximum absolute atomic E-state index is 12.6. The second kappa shape index (κ2) is 6.83. The third kappa shape index (κ3) is 3.10. The van der Waals surface area contributed by atoms with Crippen molar-refractivity contribution in [3.63, 3.8) is 0 Å². The molecule has 29 heavy (non-hydrogen) atoms. The molecule has 1 amide bonds. The molecule has 0 saturated carbocycles. The van der Waals surface area contributed by atoms with Gasteiger partial charge in [0.1, 0.15) is 5.82 Å². The van der Waals surface area contributed by atoms with Gasteiger partial charge in [0.15, 0.2) is 5.65 Å². The Labute approximate surface area is 166 Å². The first-order valence-electron chi connectivity index (χ1n) is 9.24. The molecule has 0 bridgehead atoms. The predicted molar refractivity (Wildman–Crippen MR) is 113 cm³/mol. The van der Waals surface area contributed by atoms with E-state index in [4.69, 9.17) is 0 Å². The molecule has 0 fully saturated rings. The first-order valence-corrected chi connectivity index (χ1v) is 9.24. The van der Waals surface area contributed by atoms with E-state index in [1.807, 2.05) is 29.7 Å². The van der Waals surface area contributed by atoms with Gasteiger partial charge in [-0.25, -0.2) is 4.98 Å². The number of imidazole rings is 1. The first kappa shape index (κ1) is 17.1. The average molecular weight is 379 g/mol. The Morgan fingerprint density at radius 2 is 1.79 bits per heavy atom. The van der Waals surface area contributed by atoms with Gasteiger partial charge in [0.2, 0.25) is 0 Å². The van der Waals surface area contributed by atoms with Gasteiger partial charge >= 0.3 is 0 Å². The van der Waals surface area contributed by atoms with Gasteiger partial charge in [0, 0.05) is 29.7 Å². The number of hydrogen-bond donors (Lipinski definition) is 1. The number of carbonyl (C=O) groups excluding carboxylic acids is 1. The van der Waals surface area contributed by atoms with Crippen LogP contribution in [0.3, 0.4) is 0 Å². The minimum atomic E-state index is -0.207. The summed E-state index contributed by atoms with van der Waals surface area (Å²) in [6, 6.07) is 17.8. The van der Waals surface area contributed by atoms with Crippen LogP contribution in [0.15, 0.2) is 79.4 Å². The number of pyridine rings is 1. The van der Waals surface area contributed by atoms with E-state index in [0.717, 1.165) is 22.3 Å². The van der Waals surface area contributed by atoms with E-state index >= 15 is 0 Å². The van der Waals surface area contributed by atoms with E-state index < -0.39 is 0 Å². The Balaban J connectivity index is 1.57. The summed E-state index contributed by atoms with van der Waals surface area (Å²) in [5.74, 6) is 0.424. The number of nitrogens with one attached hydrogen (secondary N) is 1. The third-order valence-corrected chi connectivity index (χ3v) is 4.90. The van der Waals surface area contributed by atoms with Crippen molar-refractivity contribution in [1.29, 1.82) is 0 Å². The summed E-state index contributed by atoms with van der Waals surface area (Å²) in [6.07, 6.45) is 6.82. The zero-order valence-corrected chi connectivity index (χ0v) is 15.7. The molecule has 3 heterocycles. The molecular formula is C23H17N5O. The summed E-state index contributed by atoms with van der Waals surface area (Å²) in [5, 5.41) is 5.30. The van der Waals surface area contributed by atoms with Crippen molar-refractivity contribution in [3.05, 3.63) is 90.6 Å². The monoisotopic (exact) mass is 379 g/mol. The molecule has 0 unspecified atom stereocenters. The highest BCUT2D eigenvalue weighted by Gasteiger charge is 2.14. The lowest BCUT2D eigenvalue weighted by Crippen LogP contribution is -2.14. The maximum atomic E-state index is 12.6. The number of aromatic nitrogens is 4. The molecule has 140 valence electrons. The van der Waals surface area contributed by atoms with Crippen molar-refractivity contribution in [2.75, 3.05) is 5.32 Å². The molecule has 5 aromatic rings. The van der Waals surface area contributed by atoms with E-state index in [1.165, 1.54) is 5.39 Å². The van der Waals surface area contributed by atoms with Gasteiger partial charge in [0.25, 0.3) is 5.91 Å². The van der Waals surface area contributed by atoms with Gasteiger partial charge in [-0.05, 0) is 35.9 Å². The number of fused-ring (bicyclic) bond motifs is 2. The highest BCUT2D eigenvalue weighted by molar-refractivity contribution is 6.04. The zero-order valence-electron chi connectivity index (χ0n) is 15.7. The van der Waals surface area contributed by atoms with Crippen LogP contribution in [-0.2, 0) is 0 Å². The number of carbonyl (C=O) groups is 1. The Morgan fingerprint density at radius 3 is 2.62 bits per heavy atom. The lowest BCUT2D eigenvalue weighted by molar-refractivity contribution is 0.102. The van der Waals surface area contributed by atoms with E-state index in [-0.39, 0.29) is 5.91 Å². The van der Waals surface area contributed by atoms with Crippen molar-refractivity contribution in [1.82, 2.24) is 19.4 Å². The van der Waals surface area contributed by atoms with Crippen LogP contribution < -0.4 is 5.32 Å². The van der Waals surface area contributed by atoms with E-state index in [9.17, 15) is 4.79 Å². The first-order chi connectivity index (χ1) is 14.2. The average Bonchev–Trinajstić information content (AvgIpc) is 3.08. The van der Waals surface area contributed by atoms with E-state index in [2.05, 4.69) is 50.6 Å². The third-order valence-electron chi connectivity index (χ3n) is 4.90. The molecule has 0 aliphatic rings. The minimum Gasteiger partial charge on any atom is -0.306 e. The number of nitrogens with zero attached hydrogens (tertiary/aromatic N) is 4. The fraction of sp³-hybridized carbons (Fsp3) is 0.0435. The van der Waals surface area contributed by atoms with Crippen LogP contribution in [-0.4, -0.2) is 25.3 Å². The lowest BCUT2D eigenvalue weighted by Gasteiger charge is -2.08. The van der Waals surface area contributed by atoms with E-state index in [0.29, 0.717) is 17.0 Å². The standard InChI is InChI=1S/C23H17N5O/c1-15-22(27-23(29)17-8-10-24-11-9-17)28-14-20(25-13-21(28)26-15)19-7-6-16-4-2-3-5-18(16)12-19/h2-14H,1H3,(H,27,29). The zero-order chi connectivity index (χ0) is 19.8. The number of amides is 1. The second-order valence-electron chi connectivity index (χ2n) is 6.80. The van der Waals surface area contributed by atoms with Crippen LogP contribution in [0.25, 0.3) is 27.7 Å². The molecule has 0 aliphatic heterocycles. The maximum Gasteiger partial charge on any atom is 0.256 e. The quantitative estimate of drug-likeness (QED) is 0.501. The number of aryl methyl sites for hydroxylation is 1.